The van der Waals surface area contributed by atoms with Crippen molar-refractivity contribution in [3.05, 3.63) is 17.8 Å². The lowest BCUT2D eigenvalue weighted by molar-refractivity contribution is -0.118. The molecule has 78 valence electrons. The van der Waals surface area contributed by atoms with Crippen molar-refractivity contribution in [2.45, 2.75) is 39.0 Å². The van der Waals surface area contributed by atoms with Crippen LogP contribution in [0, 0.1) is 6.92 Å². The number of aryl methyl sites for hydroxylation is 1. The maximum Gasteiger partial charge on any atom is 0.217 e. The maximum absolute atomic E-state index is 10.7. The zero-order valence-electron chi connectivity index (χ0n) is 8.83. The van der Waals surface area contributed by atoms with E-state index in [0.29, 0.717) is 12.8 Å². The maximum atomic E-state index is 10.7. The van der Waals surface area contributed by atoms with Crippen molar-refractivity contribution in [1.29, 1.82) is 0 Å². The van der Waals surface area contributed by atoms with Gasteiger partial charge in [-0.2, -0.15) is 0 Å². The van der Waals surface area contributed by atoms with Crippen LogP contribution in [-0.4, -0.2) is 10.9 Å². The van der Waals surface area contributed by atoms with E-state index in [1.807, 2.05) is 20.8 Å². The molecule has 4 heteroatoms. The number of hydrogen-bond donors (Lipinski definition) is 1. The summed E-state index contributed by atoms with van der Waals surface area (Å²) < 4.78 is 5.30. The van der Waals surface area contributed by atoms with Gasteiger partial charge in [0.1, 0.15) is 5.76 Å². The number of nitrogens with zero attached hydrogens (tertiary/aromatic N) is 1. The van der Waals surface area contributed by atoms with E-state index in [0.717, 1.165) is 11.5 Å². The number of rotatable bonds is 4. The molecule has 0 fully saturated rings. The number of aromatic nitrogens is 1. The lowest BCUT2D eigenvalue weighted by Gasteiger charge is -2.21. The molecule has 0 radical (unpaired) electrons. The molecule has 1 rings (SSSR count). The summed E-state index contributed by atoms with van der Waals surface area (Å²) in [6.07, 6.45) is 2.47. The Hall–Kier alpha value is -1.32. The molecule has 0 aliphatic carbocycles. The van der Waals surface area contributed by atoms with Crippen LogP contribution >= 0.6 is 0 Å². The third kappa shape index (κ3) is 2.34. The highest BCUT2D eigenvalue weighted by Gasteiger charge is 2.26. The minimum atomic E-state index is -0.282. The molecule has 0 saturated carbocycles. The zero-order valence-corrected chi connectivity index (χ0v) is 8.83. The van der Waals surface area contributed by atoms with Crippen LogP contribution in [0.15, 0.2) is 10.8 Å². The van der Waals surface area contributed by atoms with Gasteiger partial charge in [0.15, 0.2) is 6.39 Å². The van der Waals surface area contributed by atoms with E-state index in [9.17, 15) is 4.79 Å². The van der Waals surface area contributed by atoms with E-state index in [1.54, 1.807) is 0 Å². The van der Waals surface area contributed by atoms with E-state index in [4.69, 9.17) is 10.2 Å². The summed E-state index contributed by atoms with van der Waals surface area (Å²) in [5.41, 5.74) is 5.80. The average molecular weight is 196 g/mol. The summed E-state index contributed by atoms with van der Waals surface area (Å²) in [5, 5.41) is 0. The molecule has 0 spiro atoms. The molecule has 4 nitrogen and oxygen atoms in total. The Morgan fingerprint density at radius 1 is 1.64 bits per heavy atom. The molecule has 0 aromatic carbocycles. The van der Waals surface area contributed by atoms with Crippen LogP contribution in [-0.2, 0) is 10.2 Å². The minimum absolute atomic E-state index is 0.185. The number of amides is 1. The van der Waals surface area contributed by atoms with Crippen molar-refractivity contribution in [3.63, 3.8) is 0 Å². The molecule has 0 saturated heterocycles. The SMILES string of the molecule is Cc1ncoc1C(C)(C)CCC(N)=O. The number of oxazole rings is 1. The van der Waals surface area contributed by atoms with Crippen molar-refractivity contribution in [3.8, 4) is 0 Å². The lowest BCUT2D eigenvalue weighted by Crippen LogP contribution is -2.21. The van der Waals surface area contributed by atoms with Crippen molar-refractivity contribution in [2.75, 3.05) is 0 Å². The van der Waals surface area contributed by atoms with Crippen LogP contribution in [0.4, 0.5) is 0 Å². The first-order valence-electron chi connectivity index (χ1n) is 4.62. The molecule has 0 aliphatic rings. The minimum Gasteiger partial charge on any atom is -0.448 e. The molecule has 1 aromatic heterocycles. The van der Waals surface area contributed by atoms with Crippen molar-refractivity contribution < 1.29 is 9.21 Å². The molecular formula is C10H16N2O2. The van der Waals surface area contributed by atoms with Gasteiger partial charge < -0.3 is 10.2 Å². The predicted molar refractivity (Wildman–Crippen MR) is 52.7 cm³/mol. The molecule has 1 heterocycles. The predicted octanol–water partition coefficient (Wildman–Crippen LogP) is 1.53. The Morgan fingerprint density at radius 3 is 2.71 bits per heavy atom. The lowest BCUT2D eigenvalue weighted by atomic mass is 9.84. The largest absolute Gasteiger partial charge is 0.448 e. The Labute approximate surface area is 83.5 Å². The van der Waals surface area contributed by atoms with E-state index in [1.165, 1.54) is 6.39 Å². The zero-order chi connectivity index (χ0) is 10.8. The van der Waals surface area contributed by atoms with Gasteiger partial charge in [0, 0.05) is 11.8 Å². The van der Waals surface area contributed by atoms with Crippen LogP contribution in [0.1, 0.15) is 38.1 Å². The second-order valence-electron chi connectivity index (χ2n) is 4.12. The van der Waals surface area contributed by atoms with Gasteiger partial charge in [-0.05, 0) is 13.3 Å². The standard InChI is InChI=1S/C10H16N2O2/c1-7-9(14-6-12-7)10(2,3)5-4-8(11)13/h6H,4-5H2,1-3H3,(H2,11,13). The topological polar surface area (TPSA) is 69.1 Å². The normalized spacial score (nSPS) is 11.6. The van der Waals surface area contributed by atoms with Gasteiger partial charge in [0.2, 0.25) is 5.91 Å². The van der Waals surface area contributed by atoms with Crippen molar-refractivity contribution in [2.24, 2.45) is 5.73 Å². The van der Waals surface area contributed by atoms with Gasteiger partial charge >= 0.3 is 0 Å². The molecule has 0 atom stereocenters. The van der Waals surface area contributed by atoms with E-state index in [2.05, 4.69) is 4.98 Å². The molecular weight excluding hydrogens is 180 g/mol. The fourth-order valence-electron chi connectivity index (χ4n) is 1.50. The molecule has 14 heavy (non-hydrogen) atoms. The molecule has 0 aliphatic heterocycles. The van der Waals surface area contributed by atoms with Gasteiger partial charge in [0.25, 0.3) is 0 Å². The number of nitrogens with two attached hydrogens (primary N) is 1. The summed E-state index contributed by atoms with van der Waals surface area (Å²) in [4.78, 5) is 14.7. The average Bonchev–Trinajstić information content (AvgIpc) is 2.48. The quantitative estimate of drug-likeness (QED) is 0.793. The number of primary amides is 1. The highest BCUT2D eigenvalue weighted by Crippen LogP contribution is 2.30. The molecule has 0 bridgehead atoms. The number of carbonyl (C=O) groups is 1. The Kier molecular flexibility index (Phi) is 2.93. The molecule has 2 N–H and O–H groups in total. The van der Waals surface area contributed by atoms with Gasteiger partial charge in [-0.3, -0.25) is 4.79 Å². The third-order valence-corrected chi connectivity index (χ3v) is 2.36. The van der Waals surface area contributed by atoms with Gasteiger partial charge in [-0.1, -0.05) is 13.8 Å². The van der Waals surface area contributed by atoms with Crippen molar-refractivity contribution >= 4 is 5.91 Å². The smallest absolute Gasteiger partial charge is 0.217 e. The van der Waals surface area contributed by atoms with Gasteiger partial charge in [0.05, 0.1) is 5.69 Å². The van der Waals surface area contributed by atoms with Crippen molar-refractivity contribution in [1.82, 2.24) is 4.98 Å². The second-order valence-corrected chi connectivity index (χ2v) is 4.12. The fraction of sp³-hybridized carbons (Fsp3) is 0.600. The summed E-state index contributed by atoms with van der Waals surface area (Å²) in [6, 6.07) is 0. The molecule has 1 aromatic rings. The highest BCUT2D eigenvalue weighted by molar-refractivity contribution is 5.73. The van der Waals surface area contributed by atoms with Crippen LogP contribution in [0.2, 0.25) is 0 Å². The summed E-state index contributed by atoms with van der Waals surface area (Å²) >= 11 is 0. The van der Waals surface area contributed by atoms with Crippen LogP contribution < -0.4 is 5.73 Å². The summed E-state index contributed by atoms with van der Waals surface area (Å²) in [5.74, 6) is 0.550. The third-order valence-electron chi connectivity index (χ3n) is 2.36. The molecule has 0 unspecified atom stereocenters. The summed E-state index contributed by atoms with van der Waals surface area (Å²) in [7, 11) is 0. The Balaban J connectivity index is 2.75. The van der Waals surface area contributed by atoms with Crippen LogP contribution in [0.3, 0.4) is 0 Å². The van der Waals surface area contributed by atoms with Gasteiger partial charge in [-0.25, -0.2) is 4.98 Å². The number of carbonyl (C=O) groups excluding carboxylic acids is 1. The van der Waals surface area contributed by atoms with Crippen LogP contribution in [0.5, 0.6) is 0 Å². The first-order valence-corrected chi connectivity index (χ1v) is 4.62. The first-order chi connectivity index (χ1) is 6.43. The Morgan fingerprint density at radius 2 is 2.29 bits per heavy atom. The van der Waals surface area contributed by atoms with E-state index < -0.39 is 0 Å². The number of hydrogen-bond acceptors (Lipinski definition) is 3. The van der Waals surface area contributed by atoms with Gasteiger partial charge in [-0.15, -0.1) is 0 Å². The first kappa shape index (κ1) is 10.8. The van der Waals surface area contributed by atoms with E-state index in [-0.39, 0.29) is 11.3 Å². The monoisotopic (exact) mass is 196 g/mol. The second kappa shape index (κ2) is 3.82. The fourth-order valence-corrected chi connectivity index (χ4v) is 1.50. The van der Waals surface area contributed by atoms with E-state index >= 15 is 0 Å². The molecule has 1 amide bonds. The Bertz CT molecular complexity index is 329. The highest BCUT2D eigenvalue weighted by atomic mass is 16.3. The summed E-state index contributed by atoms with van der Waals surface area (Å²) in [6.45, 7) is 5.93. The van der Waals surface area contributed by atoms with Crippen LogP contribution in [0.25, 0.3) is 0 Å².